The minimum atomic E-state index is -0.823. The minimum Gasteiger partial charge on any atom is -0.481 e. The van der Waals surface area contributed by atoms with Crippen molar-refractivity contribution in [3.63, 3.8) is 0 Å². The molecule has 0 aliphatic rings. The van der Waals surface area contributed by atoms with Crippen LogP contribution < -0.4 is 0 Å². The van der Waals surface area contributed by atoms with Crippen LogP contribution in [0.15, 0.2) is 18.2 Å². The Labute approximate surface area is 92.7 Å². The first-order valence-electron chi connectivity index (χ1n) is 4.64. The Morgan fingerprint density at radius 1 is 1.60 bits per heavy atom. The maximum atomic E-state index is 12.8. The van der Waals surface area contributed by atoms with Crippen molar-refractivity contribution in [2.24, 2.45) is 5.92 Å². The molecule has 0 heterocycles. The van der Waals surface area contributed by atoms with Crippen molar-refractivity contribution in [3.05, 3.63) is 34.6 Å². The fraction of sp³-hybridized carbons (Fsp3) is 0.364. The zero-order chi connectivity index (χ0) is 11.4. The lowest BCUT2D eigenvalue weighted by Gasteiger charge is -2.08. The summed E-state index contributed by atoms with van der Waals surface area (Å²) in [5.41, 5.74) is 0.857. The summed E-state index contributed by atoms with van der Waals surface area (Å²) in [4.78, 5) is 10.4. The number of aliphatic carboxylic acids is 1. The molecule has 0 bridgehead atoms. The van der Waals surface area contributed by atoms with Crippen molar-refractivity contribution in [2.45, 2.75) is 19.8 Å². The molecule has 1 atom stereocenters. The predicted molar refractivity (Wildman–Crippen MR) is 56.5 cm³/mol. The highest BCUT2D eigenvalue weighted by Gasteiger charge is 2.09. The molecule has 1 aromatic carbocycles. The molecule has 0 fully saturated rings. The first-order valence-corrected chi connectivity index (χ1v) is 5.02. The van der Waals surface area contributed by atoms with Gasteiger partial charge in [-0.2, -0.15) is 0 Å². The molecule has 15 heavy (non-hydrogen) atoms. The lowest BCUT2D eigenvalue weighted by atomic mass is 9.98. The summed E-state index contributed by atoms with van der Waals surface area (Å²) in [7, 11) is 0. The lowest BCUT2D eigenvalue weighted by Crippen LogP contribution is -2.07. The van der Waals surface area contributed by atoms with Gasteiger partial charge in [0.2, 0.25) is 0 Å². The van der Waals surface area contributed by atoms with Crippen molar-refractivity contribution in [3.8, 4) is 0 Å². The molecule has 0 aromatic heterocycles. The molecule has 1 unspecified atom stereocenters. The van der Waals surface area contributed by atoms with Gasteiger partial charge < -0.3 is 5.11 Å². The van der Waals surface area contributed by atoms with Crippen LogP contribution in [-0.2, 0) is 11.2 Å². The van der Waals surface area contributed by atoms with Crippen LogP contribution in [0.4, 0.5) is 4.39 Å². The molecular weight excluding hydrogens is 219 g/mol. The maximum Gasteiger partial charge on any atom is 0.303 e. The first-order chi connectivity index (χ1) is 6.99. The number of carboxylic acid groups (broad SMARTS) is 1. The molecule has 1 aromatic rings. The Kier molecular flexibility index (Phi) is 4.09. The highest BCUT2D eigenvalue weighted by Crippen LogP contribution is 2.19. The van der Waals surface area contributed by atoms with Crippen LogP contribution in [0.1, 0.15) is 18.9 Å². The van der Waals surface area contributed by atoms with Gasteiger partial charge in [-0.15, -0.1) is 0 Å². The molecule has 2 nitrogen and oxygen atoms in total. The highest BCUT2D eigenvalue weighted by molar-refractivity contribution is 6.30. The second-order valence-corrected chi connectivity index (χ2v) is 4.06. The molecule has 0 spiro atoms. The fourth-order valence-corrected chi connectivity index (χ4v) is 1.64. The zero-order valence-electron chi connectivity index (χ0n) is 8.34. The van der Waals surface area contributed by atoms with Gasteiger partial charge in [-0.1, -0.05) is 24.6 Å². The fourth-order valence-electron chi connectivity index (χ4n) is 1.44. The van der Waals surface area contributed by atoms with Crippen molar-refractivity contribution < 1.29 is 14.3 Å². The normalized spacial score (nSPS) is 12.5. The standard InChI is InChI=1S/C11H12ClFO2/c1-7(5-11(14)15)4-8-2-3-10(13)9(12)6-8/h2-3,6-7H,4-5H2,1H3,(H,14,15). The summed E-state index contributed by atoms with van der Waals surface area (Å²) >= 11 is 5.61. The van der Waals surface area contributed by atoms with Gasteiger partial charge in [0.25, 0.3) is 0 Å². The Balaban J connectivity index is 2.64. The van der Waals surface area contributed by atoms with Crippen LogP contribution in [0.3, 0.4) is 0 Å². The van der Waals surface area contributed by atoms with E-state index in [1.807, 2.05) is 6.92 Å². The Hall–Kier alpha value is -1.09. The second kappa shape index (κ2) is 5.12. The average Bonchev–Trinajstić information content (AvgIpc) is 2.10. The van der Waals surface area contributed by atoms with Crippen LogP contribution in [0.2, 0.25) is 5.02 Å². The van der Waals surface area contributed by atoms with Crippen LogP contribution >= 0.6 is 11.6 Å². The first kappa shape index (κ1) is 12.0. The van der Waals surface area contributed by atoms with Crippen LogP contribution in [0.5, 0.6) is 0 Å². The molecule has 0 saturated carbocycles. The van der Waals surface area contributed by atoms with Crippen LogP contribution in [0.25, 0.3) is 0 Å². The van der Waals surface area contributed by atoms with E-state index in [2.05, 4.69) is 0 Å². The molecule has 0 aliphatic carbocycles. The number of hydrogen-bond donors (Lipinski definition) is 1. The molecule has 0 radical (unpaired) electrons. The van der Waals surface area contributed by atoms with Crippen molar-refractivity contribution >= 4 is 17.6 Å². The molecule has 1 N–H and O–H groups in total. The van der Waals surface area contributed by atoms with E-state index in [0.29, 0.717) is 6.42 Å². The van der Waals surface area contributed by atoms with Gasteiger partial charge in [0, 0.05) is 6.42 Å². The molecule has 0 saturated heterocycles. The smallest absolute Gasteiger partial charge is 0.303 e. The van der Waals surface area contributed by atoms with Gasteiger partial charge in [0.05, 0.1) is 5.02 Å². The molecule has 4 heteroatoms. The molecule has 0 amide bonds. The third-order valence-electron chi connectivity index (χ3n) is 2.09. The van der Waals surface area contributed by atoms with E-state index in [-0.39, 0.29) is 17.4 Å². The summed E-state index contributed by atoms with van der Waals surface area (Å²) in [6.07, 6.45) is 0.696. The van der Waals surface area contributed by atoms with E-state index < -0.39 is 11.8 Å². The molecule has 1 rings (SSSR count). The van der Waals surface area contributed by atoms with Gasteiger partial charge in [0.15, 0.2) is 0 Å². The number of rotatable bonds is 4. The largest absolute Gasteiger partial charge is 0.481 e. The number of carbonyl (C=O) groups is 1. The summed E-state index contributed by atoms with van der Waals surface area (Å²) in [5.74, 6) is -1.26. The third kappa shape index (κ3) is 3.88. The van der Waals surface area contributed by atoms with E-state index in [4.69, 9.17) is 16.7 Å². The Morgan fingerprint density at radius 3 is 2.80 bits per heavy atom. The Morgan fingerprint density at radius 2 is 2.27 bits per heavy atom. The number of benzene rings is 1. The predicted octanol–water partition coefficient (Wildman–Crippen LogP) is 3.13. The van der Waals surface area contributed by atoms with E-state index in [1.54, 1.807) is 6.07 Å². The van der Waals surface area contributed by atoms with Gasteiger partial charge in [-0.3, -0.25) is 4.79 Å². The van der Waals surface area contributed by atoms with Crippen LogP contribution in [0, 0.1) is 11.7 Å². The van der Waals surface area contributed by atoms with Gasteiger partial charge >= 0.3 is 5.97 Å². The van der Waals surface area contributed by atoms with E-state index in [9.17, 15) is 9.18 Å². The third-order valence-corrected chi connectivity index (χ3v) is 2.38. The summed E-state index contributed by atoms with van der Waals surface area (Å²) in [6.45, 7) is 1.84. The lowest BCUT2D eigenvalue weighted by molar-refractivity contribution is -0.137. The van der Waals surface area contributed by atoms with E-state index in [1.165, 1.54) is 12.1 Å². The summed E-state index contributed by atoms with van der Waals surface area (Å²) in [6, 6.07) is 4.46. The van der Waals surface area contributed by atoms with E-state index in [0.717, 1.165) is 5.56 Å². The van der Waals surface area contributed by atoms with E-state index >= 15 is 0 Å². The second-order valence-electron chi connectivity index (χ2n) is 3.66. The molecule has 82 valence electrons. The van der Waals surface area contributed by atoms with Gasteiger partial charge in [-0.05, 0) is 30.0 Å². The Bertz CT molecular complexity index is 366. The number of halogens is 2. The SMILES string of the molecule is CC(CC(=O)O)Cc1ccc(F)c(Cl)c1. The molecular formula is C11H12ClFO2. The number of hydrogen-bond acceptors (Lipinski definition) is 1. The minimum absolute atomic E-state index is 0.0176. The van der Waals surface area contributed by atoms with Crippen LogP contribution in [-0.4, -0.2) is 11.1 Å². The zero-order valence-corrected chi connectivity index (χ0v) is 9.09. The summed E-state index contributed by atoms with van der Waals surface area (Å²) < 4.78 is 12.8. The quantitative estimate of drug-likeness (QED) is 0.863. The van der Waals surface area contributed by atoms with Gasteiger partial charge in [-0.25, -0.2) is 4.39 Å². The van der Waals surface area contributed by atoms with Gasteiger partial charge in [0.1, 0.15) is 5.82 Å². The number of carboxylic acids is 1. The monoisotopic (exact) mass is 230 g/mol. The van der Waals surface area contributed by atoms with Crippen molar-refractivity contribution in [1.82, 2.24) is 0 Å². The molecule has 0 aliphatic heterocycles. The average molecular weight is 231 g/mol. The highest BCUT2D eigenvalue weighted by atomic mass is 35.5. The van der Waals surface area contributed by atoms with Crippen molar-refractivity contribution in [1.29, 1.82) is 0 Å². The topological polar surface area (TPSA) is 37.3 Å². The summed E-state index contributed by atoms with van der Waals surface area (Å²) in [5, 5.41) is 8.65. The maximum absolute atomic E-state index is 12.8. The van der Waals surface area contributed by atoms with Crippen molar-refractivity contribution in [2.75, 3.05) is 0 Å².